The molecule has 0 saturated carbocycles. The monoisotopic (exact) mass is 425 g/mol. The van der Waals surface area contributed by atoms with E-state index in [1.165, 1.54) is 31.2 Å². The first kappa shape index (κ1) is 21.8. The van der Waals surface area contributed by atoms with Gasteiger partial charge in [0.15, 0.2) is 6.10 Å². The lowest BCUT2D eigenvalue weighted by atomic mass is 10.1. The van der Waals surface area contributed by atoms with Crippen molar-refractivity contribution < 1.29 is 28.7 Å². The standard InChI is InChI=1S/C22H23N3O6/c1-3-30-18-10-6-16(7-11-18)23-21(28)14(2)31-22(29)15-4-8-17(9-5-15)25-20(27)13-12-19(26)24-25/h4-11,14H,3,12-13H2,1-2H3,(H,23,28)(H,24,26). The van der Waals surface area contributed by atoms with Crippen LogP contribution >= 0.6 is 0 Å². The minimum absolute atomic E-state index is 0.122. The Morgan fingerprint density at radius 1 is 1.06 bits per heavy atom. The SMILES string of the molecule is CCOc1ccc(NC(=O)C(C)OC(=O)c2ccc(N3NC(=O)CCC3=O)cc2)cc1. The minimum Gasteiger partial charge on any atom is -0.494 e. The summed E-state index contributed by atoms with van der Waals surface area (Å²) in [5.74, 6) is -0.968. The fraction of sp³-hybridized carbons (Fsp3) is 0.273. The third kappa shape index (κ3) is 5.59. The van der Waals surface area contributed by atoms with E-state index in [9.17, 15) is 19.2 Å². The molecule has 1 aliphatic rings. The molecule has 1 unspecified atom stereocenters. The zero-order valence-corrected chi connectivity index (χ0v) is 17.2. The summed E-state index contributed by atoms with van der Waals surface area (Å²) >= 11 is 0. The van der Waals surface area contributed by atoms with E-state index in [0.717, 1.165) is 5.01 Å². The van der Waals surface area contributed by atoms with E-state index in [2.05, 4.69) is 10.7 Å². The lowest BCUT2D eigenvalue weighted by molar-refractivity contribution is -0.130. The molecule has 1 heterocycles. The summed E-state index contributed by atoms with van der Waals surface area (Å²) in [6.45, 7) is 3.89. The molecule has 2 N–H and O–H groups in total. The summed E-state index contributed by atoms with van der Waals surface area (Å²) in [5, 5.41) is 3.82. The van der Waals surface area contributed by atoms with Gasteiger partial charge in [-0.2, -0.15) is 0 Å². The van der Waals surface area contributed by atoms with Crippen LogP contribution in [0.25, 0.3) is 0 Å². The van der Waals surface area contributed by atoms with Gasteiger partial charge in [0, 0.05) is 18.5 Å². The lowest BCUT2D eigenvalue weighted by Gasteiger charge is -2.27. The van der Waals surface area contributed by atoms with Crippen LogP contribution < -0.4 is 20.5 Å². The first-order valence-corrected chi connectivity index (χ1v) is 9.84. The van der Waals surface area contributed by atoms with Gasteiger partial charge >= 0.3 is 5.97 Å². The van der Waals surface area contributed by atoms with Crippen molar-refractivity contribution in [1.29, 1.82) is 0 Å². The molecule has 3 rings (SSSR count). The molecule has 1 atom stereocenters. The van der Waals surface area contributed by atoms with Gasteiger partial charge in [-0.1, -0.05) is 0 Å². The smallest absolute Gasteiger partial charge is 0.338 e. The molecule has 1 fully saturated rings. The molecule has 1 aliphatic heterocycles. The summed E-state index contributed by atoms with van der Waals surface area (Å²) in [7, 11) is 0. The molecule has 9 nitrogen and oxygen atoms in total. The molecule has 31 heavy (non-hydrogen) atoms. The van der Waals surface area contributed by atoms with E-state index in [-0.39, 0.29) is 30.2 Å². The lowest BCUT2D eigenvalue weighted by Crippen LogP contribution is -2.50. The number of nitrogens with one attached hydrogen (secondary N) is 2. The van der Waals surface area contributed by atoms with Gasteiger partial charge in [0.25, 0.3) is 5.91 Å². The molecule has 3 amide bonds. The van der Waals surface area contributed by atoms with Crippen molar-refractivity contribution in [2.45, 2.75) is 32.8 Å². The number of carbonyl (C=O) groups is 4. The number of hydrazine groups is 1. The second kappa shape index (κ2) is 9.75. The third-order valence-corrected chi connectivity index (χ3v) is 4.50. The van der Waals surface area contributed by atoms with Crippen LogP contribution in [0.15, 0.2) is 48.5 Å². The maximum Gasteiger partial charge on any atom is 0.338 e. The van der Waals surface area contributed by atoms with Gasteiger partial charge in [0.05, 0.1) is 17.9 Å². The van der Waals surface area contributed by atoms with Crippen LogP contribution in [0, 0.1) is 0 Å². The molecule has 0 aromatic heterocycles. The molecule has 0 radical (unpaired) electrons. The normalized spacial score (nSPS) is 14.5. The summed E-state index contributed by atoms with van der Waals surface area (Å²) in [6, 6.07) is 12.8. The second-order valence-electron chi connectivity index (χ2n) is 6.81. The van der Waals surface area contributed by atoms with Gasteiger partial charge < -0.3 is 14.8 Å². The molecule has 2 aromatic rings. The van der Waals surface area contributed by atoms with Gasteiger partial charge in [0.2, 0.25) is 11.8 Å². The molecule has 1 saturated heterocycles. The molecule has 2 aromatic carbocycles. The molecular weight excluding hydrogens is 402 g/mol. The van der Waals surface area contributed by atoms with Gasteiger partial charge in [-0.25, -0.2) is 9.80 Å². The predicted molar refractivity (Wildman–Crippen MR) is 112 cm³/mol. The first-order chi connectivity index (χ1) is 14.9. The zero-order valence-electron chi connectivity index (χ0n) is 17.2. The highest BCUT2D eigenvalue weighted by Gasteiger charge is 2.25. The van der Waals surface area contributed by atoms with Crippen molar-refractivity contribution in [3.63, 3.8) is 0 Å². The number of nitrogens with zero attached hydrogens (tertiary/aromatic N) is 1. The van der Waals surface area contributed by atoms with Crippen LogP contribution in [0.2, 0.25) is 0 Å². The molecule has 9 heteroatoms. The van der Waals surface area contributed by atoms with Crippen molar-refractivity contribution in [3.8, 4) is 5.75 Å². The Kier molecular flexibility index (Phi) is 6.86. The number of ether oxygens (including phenoxy) is 2. The van der Waals surface area contributed by atoms with Gasteiger partial charge in [-0.15, -0.1) is 0 Å². The number of anilines is 2. The highest BCUT2D eigenvalue weighted by molar-refractivity contribution is 6.01. The van der Waals surface area contributed by atoms with E-state index in [0.29, 0.717) is 23.7 Å². The Hall–Kier alpha value is -3.88. The summed E-state index contributed by atoms with van der Waals surface area (Å²) < 4.78 is 10.6. The Morgan fingerprint density at radius 2 is 1.74 bits per heavy atom. The van der Waals surface area contributed by atoms with Crippen LogP contribution in [0.4, 0.5) is 11.4 Å². The van der Waals surface area contributed by atoms with E-state index >= 15 is 0 Å². The Morgan fingerprint density at radius 3 is 2.39 bits per heavy atom. The van der Waals surface area contributed by atoms with Gasteiger partial charge in [-0.05, 0) is 62.4 Å². The number of carbonyl (C=O) groups excluding carboxylic acids is 4. The Balaban J connectivity index is 1.56. The predicted octanol–water partition coefficient (Wildman–Crippen LogP) is 2.43. The number of rotatable bonds is 7. The highest BCUT2D eigenvalue weighted by Crippen LogP contribution is 2.19. The van der Waals surface area contributed by atoms with Crippen LogP contribution in [-0.4, -0.2) is 36.4 Å². The summed E-state index contributed by atoms with van der Waals surface area (Å²) in [5.41, 5.74) is 3.67. The van der Waals surface area contributed by atoms with Crippen molar-refractivity contribution in [3.05, 3.63) is 54.1 Å². The zero-order chi connectivity index (χ0) is 22.4. The molecule has 0 spiro atoms. The number of amides is 3. The number of benzene rings is 2. The van der Waals surface area contributed by atoms with Crippen LogP contribution in [0.1, 0.15) is 37.0 Å². The fourth-order valence-corrected chi connectivity index (χ4v) is 2.86. The molecule has 162 valence electrons. The van der Waals surface area contributed by atoms with Gasteiger partial charge in [-0.3, -0.25) is 19.8 Å². The fourth-order valence-electron chi connectivity index (χ4n) is 2.86. The van der Waals surface area contributed by atoms with Crippen LogP contribution in [-0.2, 0) is 19.1 Å². The Bertz CT molecular complexity index is 972. The topological polar surface area (TPSA) is 114 Å². The van der Waals surface area contributed by atoms with E-state index in [1.807, 2.05) is 6.92 Å². The van der Waals surface area contributed by atoms with Crippen molar-refractivity contribution in [2.75, 3.05) is 16.9 Å². The first-order valence-electron chi connectivity index (χ1n) is 9.84. The second-order valence-corrected chi connectivity index (χ2v) is 6.81. The van der Waals surface area contributed by atoms with E-state index in [1.54, 1.807) is 24.3 Å². The molecule has 0 aliphatic carbocycles. The number of hydrogen-bond acceptors (Lipinski definition) is 6. The van der Waals surface area contributed by atoms with Crippen molar-refractivity contribution in [2.24, 2.45) is 0 Å². The van der Waals surface area contributed by atoms with E-state index < -0.39 is 18.0 Å². The summed E-state index contributed by atoms with van der Waals surface area (Å²) in [6.07, 6.45) is -0.755. The summed E-state index contributed by atoms with van der Waals surface area (Å²) in [4.78, 5) is 48.1. The minimum atomic E-state index is -1.03. The van der Waals surface area contributed by atoms with Gasteiger partial charge in [0.1, 0.15) is 5.75 Å². The van der Waals surface area contributed by atoms with Crippen LogP contribution in [0.5, 0.6) is 5.75 Å². The average Bonchev–Trinajstić information content (AvgIpc) is 2.77. The van der Waals surface area contributed by atoms with Crippen molar-refractivity contribution >= 4 is 35.1 Å². The molecular formula is C22H23N3O6. The molecule has 0 bridgehead atoms. The van der Waals surface area contributed by atoms with Crippen molar-refractivity contribution in [1.82, 2.24) is 5.43 Å². The third-order valence-electron chi connectivity index (χ3n) is 4.50. The van der Waals surface area contributed by atoms with Crippen LogP contribution in [0.3, 0.4) is 0 Å². The van der Waals surface area contributed by atoms with E-state index in [4.69, 9.17) is 9.47 Å². The largest absolute Gasteiger partial charge is 0.494 e. The average molecular weight is 425 g/mol. The highest BCUT2D eigenvalue weighted by atomic mass is 16.5. The number of hydrogen-bond donors (Lipinski definition) is 2. The number of esters is 1. The Labute approximate surface area is 179 Å². The maximum absolute atomic E-state index is 12.4. The maximum atomic E-state index is 12.4. The quantitative estimate of drug-likeness (QED) is 0.659.